The quantitative estimate of drug-likeness (QED) is 0.572. The molecule has 1 aromatic carbocycles. The molecule has 1 amide bonds. The number of carbonyl (C=O) groups excluding carboxylic acids is 2. The number of hydroxylamine groups is 1. The second-order valence-corrected chi connectivity index (χ2v) is 6.50. The number of amides is 1. The molecule has 1 aromatic rings. The van der Waals surface area contributed by atoms with Crippen LogP contribution in [0.2, 0.25) is 0 Å². The summed E-state index contributed by atoms with van der Waals surface area (Å²) in [4.78, 5) is 28.1. The van der Waals surface area contributed by atoms with Gasteiger partial charge in [-0.25, -0.2) is 13.2 Å². The molecule has 8 nitrogen and oxygen atoms in total. The first kappa shape index (κ1) is 19.1. The first-order chi connectivity index (χ1) is 10.7. The van der Waals surface area contributed by atoms with Gasteiger partial charge in [0, 0.05) is 13.6 Å². The number of likely N-dealkylation sites (N-methyl/N-ethyl adjacent to an activating group) is 1. The van der Waals surface area contributed by atoms with Crippen LogP contribution in [0.5, 0.6) is 0 Å². The molecule has 1 atom stereocenters. The van der Waals surface area contributed by atoms with E-state index in [1.807, 2.05) is 0 Å². The molecule has 0 heterocycles. The van der Waals surface area contributed by atoms with Crippen molar-refractivity contribution in [3.63, 3.8) is 0 Å². The highest BCUT2D eigenvalue weighted by atomic mass is 32.2. The van der Waals surface area contributed by atoms with Gasteiger partial charge < -0.3 is 10.1 Å². The van der Waals surface area contributed by atoms with Gasteiger partial charge in [0.15, 0.2) is 6.10 Å². The van der Waals surface area contributed by atoms with Crippen LogP contribution in [-0.2, 0) is 24.4 Å². The molecule has 9 heteroatoms. The van der Waals surface area contributed by atoms with E-state index < -0.39 is 28.0 Å². The fourth-order valence-electron chi connectivity index (χ4n) is 1.61. The molecule has 0 aliphatic heterocycles. The lowest BCUT2D eigenvalue weighted by Crippen LogP contribution is -2.35. The minimum absolute atomic E-state index is 0.0322. The van der Waals surface area contributed by atoms with E-state index >= 15 is 0 Å². The lowest BCUT2D eigenvalue weighted by molar-refractivity contribution is -0.128. The van der Waals surface area contributed by atoms with Crippen LogP contribution < -0.4 is 5.32 Å². The fourth-order valence-corrected chi connectivity index (χ4v) is 2.58. The molecule has 0 saturated carbocycles. The Morgan fingerprint density at radius 3 is 2.30 bits per heavy atom. The number of rotatable bonds is 7. The SMILES string of the molecule is CCNC(=O)[C@@H](C)OC(=O)c1ccc(S(=O)(=O)N(C)OC)cc1. The average molecular weight is 344 g/mol. The Morgan fingerprint density at radius 1 is 1.26 bits per heavy atom. The van der Waals surface area contributed by atoms with Crippen molar-refractivity contribution < 1.29 is 27.6 Å². The summed E-state index contributed by atoms with van der Waals surface area (Å²) in [6, 6.07) is 5.14. The molecular weight excluding hydrogens is 324 g/mol. The van der Waals surface area contributed by atoms with Crippen molar-refractivity contribution in [1.82, 2.24) is 9.79 Å². The predicted molar refractivity (Wildman–Crippen MR) is 82.0 cm³/mol. The smallest absolute Gasteiger partial charge is 0.338 e. The number of carbonyl (C=O) groups is 2. The van der Waals surface area contributed by atoms with Crippen molar-refractivity contribution in [2.45, 2.75) is 24.8 Å². The summed E-state index contributed by atoms with van der Waals surface area (Å²) < 4.78 is 29.7. The van der Waals surface area contributed by atoms with Gasteiger partial charge in [0.1, 0.15) is 0 Å². The summed E-state index contributed by atoms with van der Waals surface area (Å²) in [7, 11) is -1.30. The number of esters is 1. The maximum atomic E-state index is 12.0. The van der Waals surface area contributed by atoms with Crippen molar-refractivity contribution in [2.24, 2.45) is 0 Å². The normalized spacial score (nSPS) is 12.7. The number of nitrogens with zero attached hydrogens (tertiary/aromatic N) is 1. The van der Waals surface area contributed by atoms with Crippen LogP contribution >= 0.6 is 0 Å². The highest BCUT2D eigenvalue weighted by Crippen LogP contribution is 2.16. The van der Waals surface area contributed by atoms with Crippen LogP contribution in [0.15, 0.2) is 29.2 Å². The van der Waals surface area contributed by atoms with Crippen molar-refractivity contribution >= 4 is 21.9 Å². The summed E-state index contributed by atoms with van der Waals surface area (Å²) >= 11 is 0. The summed E-state index contributed by atoms with van der Waals surface area (Å²) in [6.45, 7) is 3.64. The largest absolute Gasteiger partial charge is 0.449 e. The monoisotopic (exact) mass is 344 g/mol. The van der Waals surface area contributed by atoms with Gasteiger partial charge in [-0.3, -0.25) is 9.63 Å². The van der Waals surface area contributed by atoms with Gasteiger partial charge in [-0.15, -0.1) is 0 Å². The average Bonchev–Trinajstić information content (AvgIpc) is 2.54. The fraction of sp³-hybridized carbons (Fsp3) is 0.429. The Hall–Kier alpha value is -1.97. The van der Waals surface area contributed by atoms with E-state index in [9.17, 15) is 18.0 Å². The zero-order chi connectivity index (χ0) is 17.6. The Morgan fingerprint density at radius 2 is 1.83 bits per heavy atom. The third-order valence-corrected chi connectivity index (χ3v) is 4.68. The highest BCUT2D eigenvalue weighted by Gasteiger charge is 2.22. The Kier molecular flexibility index (Phi) is 6.67. The second kappa shape index (κ2) is 8.04. The van der Waals surface area contributed by atoms with Crippen LogP contribution in [0, 0.1) is 0 Å². The lowest BCUT2D eigenvalue weighted by Gasteiger charge is -2.15. The summed E-state index contributed by atoms with van der Waals surface area (Å²) in [5.41, 5.74) is 0.139. The van der Waals surface area contributed by atoms with Crippen molar-refractivity contribution in [2.75, 3.05) is 20.7 Å². The molecule has 0 spiro atoms. The predicted octanol–water partition coefficient (Wildman–Crippen LogP) is 0.550. The second-order valence-electron chi connectivity index (χ2n) is 4.56. The van der Waals surface area contributed by atoms with Crippen LogP contribution in [0.4, 0.5) is 0 Å². The maximum absolute atomic E-state index is 12.0. The summed E-state index contributed by atoms with van der Waals surface area (Å²) in [5, 5.41) is 2.54. The molecule has 128 valence electrons. The number of benzene rings is 1. The van der Waals surface area contributed by atoms with Crippen molar-refractivity contribution in [3.8, 4) is 0 Å². The van der Waals surface area contributed by atoms with Gasteiger partial charge in [0.25, 0.3) is 15.9 Å². The van der Waals surface area contributed by atoms with Gasteiger partial charge in [-0.1, -0.05) is 4.47 Å². The van der Waals surface area contributed by atoms with Crippen LogP contribution in [-0.4, -0.2) is 51.6 Å². The van der Waals surface area contributed by atoms with Crippen LogP contribution in [0.25, 0.3) is 0 Å². The van der Waals surface area contributed by atoms with Crippen LogP contribution in [0.3, 0.4) is 0 Å². The van der Waals surface area contributed by atoms with E-state index in [1.54, 1.807) is 6.92 Å². The first-order valence-electron chi connectivity index (χ1n) is 6.85. The topological polar surface area (TPSA) is 102 Å². The molecule has 1 N–H and O–H groups in total. The number of sulfonamides is 1. The maximum Gasteiger partial charge on any atom is 0.338 e. The van der Waals surface area contributed by atoms with E-state index in [1.165, 1.54) is 45.3 Å². The van der Waals surface area contributed by atoms with Crippen molar-refractivity contribution in [3.05, 3.63) is 29.8 Å². The van der Waals surface area contributed by atoms with Gasteiger partial charge in [-0.05, 0) is 38.1 Å². The summed E-state index contributed by atoms with van der Waals surface area (Å²) in [6.07, 6.45) is -0.939. The molecule has 23 heavy (non-hydrogen) atoms. The molecule has 1 rings (SSSR count). The van der Waals surface area contributed by atoms with E-state index in [0.29, 0.717) is 11.0 Å². The number of nitrogens with one attached hydrogen (secondary N) is 1. The molecule has 0 bridgehead atoms. The number of hydrogen-bond donors (Lipinski definition) is 1. The molecule has 0 aromatic heterocycles. The Labute approximate surface area is 135 Å². The minimum atomic E-state index is -3.78. The number of ether oxygens (including phenoxy) is 1. The molecule has 0 aliphatic carbocycles. The lowest BCUT2D eigenvalue weighted by atomic mass is 10.2. The van der Waals surface area contributed by atoms with Gasteiger partial charge in [0.05, 0.1) is 17.6 Å². The molecule has 0 unspecified atom stereocenters. The molecule has 0 radical (unpaired) electrons. The third-order valence-electron chi connectivity index (χ3n) is 2.99. The van der Waals surface area contributed by atoms with E-state index in [0.717, 1.165) is 0 Å². The molecular formula is C14H20N2O6S. The first-order valence-corrected chi connectivity index (χ1v) is 8.29. The Balaban J connectivity index is 2.85. The Bertz CT molecular complexity index is 656. The van der Waals surface area contributed by atoms with E-state index in [4.69, 9.17) is 4.74 Å². The van der Waals surface area contributed by atoms with E-state index in [-0.39, 0.29) is 10.5 Å². The van der Waals surface area contributed by atoms with E-state index in [2.05, 4.69) is 10.2 Å². The summed E-state index contributed by atoms with van der Waals surface area (Å²) in [5.74, 6) is -1.12. The minimum Gasteiger partial charge on any atom is -0.449 e. The molecule has 0 fully saturated rings. The highest BCUT2D eigenvalue weighted by molar-refractivity contribution is 7.89. The van der Waals surface area contributed by atoms with Gasteiger partial charge >= 0.3 is 5.97 Å². The number of hydrogen-bond acceptors (Lipinski definition) is 6. The van der Waals surface area contributed by atoms with Gasteiger partial charge in [0.2, 0.25) is 0 Å². The zero-order valence-electron chi connectivity index (χ0n) is 13.4. The molecule has 0 saturated heterocycles. The van der Waals surface area contributed by atoms with Crippen molar-refractivity contribution in [1.29, 1.82) is 0 Å². The van der Waals surface area contributed by atoms with Gasteiger partial charge in [-0.2, -0.15) is 0 Å². The van der Waals surface area contributed by atoms with Crippen LogP contribution in [0.1, 0.15) is 24.2 Å². The standard InChI is InChI=1S/C14H20N2O6S/c1-5-15-13(17)10(2)22-14(18)11-6-8-12(9-7-11)23(19,20)16(3)21-4/h6-10H,5H2,1-4H3,(H,15,17)/t10-/m1/s1. The third kappa shape index (κ3) is 4.75. The zero-order valence-corrected chi connectivity index (χ0v) is 14.2. The molecule has 0 aliphatic rings.